The van der Waals surface area contributed by atoms with Crippen molar-refractivity contribution in [3.8, 4) is 0 Å². The van der Waals surface area contributed by atoms with Crippen LogP contribution in [0.3, 0.4) is 0 Å². The number of hydrogen-bond donors (Lipinski definition) is 1. The minimum absolute atomic E-state index is 0.282. The molecule has 84 valence electrons. The third-order valence-electron chi connectivity index (χ3n) is 2.99. The Morgan fingerprint density at radius 1 is 1.60 bits per heavy atom. The molecule has 1 unspecified atom stereocenters. The summed E-state index contributed by atoms with van der Waals surface area (Å²) in [6.45, 7) is 4.47. The van der Waals surface area contributed by atoms with Crippen LogP contribution in [0.25, 0.3) is 0 Å². The van der Waals surface area contributed by atoms with Crippen LogP contribution in [0.15, 0.2) is 0 Å². The van der Waals surface area contributed by atoms with E-state index in [2.05, 4.69) is 18.9 Å². The quantitative estimate of drug-likeness (QED) is 0.815. The summed E-state index contributed by atoms with van der Waals surface area (Å²) >= 11 is 0. The van der Waals surface area contributed by atoms with Gasteiger partial charge < -0.3 is 5.73 Å². The van der Waals surface area contributed by atoms with Crippen LogP contribution in [0.2, 0.25) is 0 Å². The summed E-state index contributed by atoms with van der Waals surface area (Å²) in [5, 5.41) is 4.41. The summed E-state index contributed by atoms with van der Waals surface area (Å²) in [4.78, 5) is 0. The van der Waals surface area contributed by atoms with E-state index >= 15 is 0 Å². The van der Waals surface area contributed by atoms with Gasteiger partial charge in [0, 0.05) is 23.8 Å². The van der Waals surface area contributed by atoms with Gasteiger partial charge in [-0.05, 0) is 33.1 Å². The summed E-state index contributed by atoms with van der Waals surface area (Å²) in [7, 11) is 0. The fourth-order valence-corrected chi connectivity index (χ4v) is 2.32. The molecule has 0 saturated heterocycles. The molecule has 4 heteroatoms. The highest BCUT2D eigenvalue weighted by molar-refractivity contribution is 5.31. The molecule has 1 aromatic rings. The second-order valence-corrected chi connectivity index (χ2v) is 4.41. The maximum atomic E-state index is 13.8. The maximum absolute atomic E-state index is 13.8. The lowest BCUT2D eigenvalue weighted by molar-refractivity contribution is 0.297. The fraction of sp³-hybridized carbons (Fsp3) is 0.727. The van der Waals surface area contributed by atoms with Crippen molar-refractivity contribution in [2.24, 2.45) is 5.73 Å². The number of halogens is 1. The van der Waals surface area contributed by atoms with Gasteiger partial charge in [-0.2, -0.15) is 5.10 Å². The third kappa shape index (κ3) is 1.67. The molecule has 0 aromatic carbocycles. The van der Waals surface area contributed by atoms with Gasteiger partial charge in [-0.15, -0.1) is 0 Å². The first-order valence-corrected chi connectivity index (χ1v) is 5.59. The third-order valence-corrected chi connectivity index (χ3v) is 2.99. The molecular formula is C11H18FN3. The average Bonchev–Trinajstić information content (AvgIpc) is 2.58. The van der Waals surface area contributed by atoms with Crippen molar-refractivity contribution >= 4 is 0 Å². The Morgan fingerprint density at radius 3 is 2.93 bits per heavy atom. The highest BCUT2D eigenvalue weighted by Crippen LogP contribution is 2.35. The zero-order valence-electron chi connectivity index (χ0n) is 9.33. The number of rotatable bonds is 2. The van der Waals surface area contributed by atoms with Gasteiger partial charge in [0.2, 0.25) is 0 Å². The van der Waals surface area contributed by atoms with Crippen LogP contribution in [0, 0.1) is 0 Å². The lowest BCUT2D eigenvalue weighted by Crippen LogP contribution is -2.12. The molecule has 0 fully saturated rings. The van der Waals surface area contributed by atoms with Crippen LogP contribution >= 0.6 is 0 Å². The molecule has 0 saturated carbocycles. The molecule has 0 amide bonds. The first-order valence-electron chi connectivity index (χ1n) is 5.59. The second kappa shape index (κ2) is 3.93. The molecule has 1 atom stereocenters. The highest BCUT2D eigenvalue weighted by atomic mass is 19.1. The van der Waals surface area contributed by atoms with Crippen molar-refractivity contribution in [2.45, 2.75) is 51.9 Å². The summed E-state index contributed by atoms with van der Waals surface area (Å²) in [6.07, 6.45) is 1.60. The average molecular weight is 211 g/mol. The van der Waals surface area contributed by atoms with E-state index in [4.69, 9.17) is 5.73 Å². The van der Waals surface area contributed by atoms with Crippen molar-refractivity contribution in [1.82, 2.24) is 9.78 Å². The van der Waals surface area contributed by atoms with Crippen molar-refractivity contribution in [1.29, 1.82) is 0 Å². The van der Waals surface area contributed by atoms with E-state index in [1.807, 2.05) is 4.68 Å². The van der Waals surface area contributed by atoms with Crippen LogP contribution in [0.1, 0.15) is 55.9 Å². The van der Waals surface area contributed by atoms with E-state index in [1.54, 1.807) is 0 Å². The van der Waals surface area contributed by atoms with E-state index in [-0.39, 0.29) is 6.04 Å². The Hall–Kier alpha value is -0.900. The van der Waals surface area contributed by atoms with Crippen molar-refractivity contribution < 1.29 is 4.39 Å². The second-order valence-electron chi connectivity index (χ2n) is 4.41. The van der Waals surface area contributed by atoms with Crippen LogP contribution < -0.4 is 5.73 Å². The van der Waals surface area contributed by atoms with Gasteiger partial charge >= 0.3 is 0 Å². The fourth-order valence-electron chi connectivity index (χ4n) is 2.32. The van der Waals surface area contributed by atoms with Gasteiger partial charge in [0.1, 0.15) is 6.17 Å². The molecule has 2 N–H and O–H groups in total. The summed E-state index contributed by atoms with van der Waals surface area (Å²) in [5.41, 5.74) is 8.18. The van der Waals surface area contributed by atoms with Crippen molar-refractivity contribution in [3.05, 3.63) is 17.0 Å². The van der Waals surface area contributed by atoms with Gasteiger partial charge in [-0.3, -0.25) is 4.68 Å². The van der Waals surface area contributed by atoms with Crippen LogP contribution in [0.5, 0.6) is 0 Å². The van der Waals surface area contributed by atoms with Crippen molar-refractivity contribution in [2.75, 3.05) is 0 Å². The predicted molar refractivity (Wildman–Crippen MR) is 57.3 cm³/mol. The molecule has 1 aliphatic carbocycles. The Bertz CT molecular complexity index is 357. The topological polar surface area (TPSA) is 43.8 Å². The normalized spacial score (nSPS) is 20.7. The molecule has 3 nitrogen and oxygen atoms in total. The Kier molecular flexibility index (Phi) is 2.78. The summed E-state index contributed by atoms with van der Waals surface area (Å²) in [5.74, 6) is 0. The van der Waals surface area contributed by atoms with Crippen LogP contribution in [0.4, 0.5) is 4.39 Å². The lowest BCUT2D eigenvalue weighted by Gasteiger charge is -2.19. The number of fused-ring (bicyclic) bond motifs is 1. The van der Waals surface area contributed by atoms with Gasteiger partial charge in [0.25, 0.3) is 0 Å². The van der Waals surface area contributed by atoms with E-state index in [1.165, 1.54) is 0 Å². The maximum Gasteiger partial charge on any atom is 0.129 e. The minimum Gasteiger partial charge on any atom is -0.325 e. The first kappa shape index (κ1) is 10.6. The predicted octanol–water partition coefficient (Wildman–Crippen LogP) is 2.27. The first-order chi connectivity index (χ1) is 7.15. The van der Waals surface area contributed by atoms with E-state index < -0.39 is 6.17 Å². The number of nitrogens with zero attached hydrogens (tertiary/aromatic N) is 2. The zero-order chi connectivity index (χ0) is 11.0. The summed E-state index contributed by atoms with van der Waals surface area (Å²) in [6, 6.07) is 0.282. The molecule has 0 bridgehead atoms. The minimum atomic E-state index is -0.861. The van der Waals surface area contributed by atoms with Crippen LogP contribution in [-0.2, 0) is 13.0 Å². The molecule has 0 radical (unpaired) electrons. The molecule has 2 rings (SSSR count). The molecule has 0 spiro atoms. The molecule has 1 aliphatic rings. The Labute approximate surface area is 89.5 Å². The molecular weight excluding hydrogens is 193 g/mol. The van der Waals surface area contributed by atoms with E-state index in [0.717, 1.165) is 29.8 Å². The van der Waals surface area contributed by atoms with Gasteiger partial charge in [0.15, 0.2) is 0 Å². The Balaban J connectivity index is 2.52. The Morgan fingerprint density at radius 2 is 2.33 bits per heavy atom. The largest absolute Gasteiger partial charge is 0.325 e. The SMILES string of the molecule is CC(C)n1nc(CN)c2c1CCCC2F. The number of hydrogen-bond acceptors (Lipinski definition) is 2. The van der Waals surface area contributed by atoms with Crippen molar-refractivity contribution in [3.63, 3.8) is 0 Å². The van der Waals surface area contributed by atoms with Gasteiger partial charge in [0.05, 0.1) is 5.69 Å². The smallest absolute Gasteiger partial charge is 0.129 e. The number of nitrogens with two attached hydrogens (primary N) is 1. The molecule has 1 aromatic heterocycles. The van der Waals surface area contributed by atoms with E-state index in [9.17, 15) is 4.39 Å². The van der Waals surface area contributed by atoms with E-state index in [0.29, 0.717) is 13.0 Å². The molecule has 0 aliphatic heterocycles. The molecule has 1 heterocycles. The standard InChI is InChI=1S/C11H18FN3/c1-7(2)15-10-5-3-4-8(12)11(10)9(6-13)14-15/h7-8H,3-6,13H2,1-2H3. The summed E-state index contributed by atoms with van der Waals surface area (Å²) < 4.78 is 15.7. The van der Waals surface area contributed by atoms with Crippen LogP contribution in [-0.4, -0.2) is 9.78 Å². The molecule has 15 heavy (non-hydrogen) atoms. The number of alkyl halides is 1. The van der Waals surface area contributed by atoms with Gasteiger partial charge in [-0.25, -0.2) is 4.39 Å². The zero-order valence-corrected chi connectivity index (χ0v) is 9.33. The monoisotopic (exact) mass is 211 g/mol. The lowest BCUT2D eigenvalue weighted by atomic mass is 9.94. The number of aromatic nitrogens is 2. The highest BCUT2D eigenvalue weighted by Gasteiger charge is 2.28. The van der Waals surface area contributed by atoms with Gasteiger partial charge in [-0.1, -0.05) is 0 Å².